The molecule has 0 radical (unpaired) electrons. The van der Waals surface area contributed by atoms with Gasteiger partial charge >= 0.3 is 0 Å². The number of rotatable bonds is 7. The first-order chi connectivity index (χ1) is 30.7. The Morgan fingerprint density at radius 3 is 1.40 bits per heavy atom. The number of fused-ring (bicyclic) bond motifs is 6. The summed E-state index contributed by atoms with van der Waals surface area (Å²) in [6.45, 7) is 0. The normalized spacial score (nSPS) is 11.5. The van der Waals surface area contributed by atoms with E-state index in [2.05, 4.69) is 187 Å². The summed E-state index contributed by atoms with van der Waals surface area (Å²) in [6, 6.07) is 77.6. The predicted octanol–water partition coefficient (Wildman–Crippen LogP) is 15.3. The second-order valence-corrected chi connectivity index (χ2v) is 16.7. The zero-order chi connectivity index (χ0) is 41.0. The Balaban J connectivity index is 1.16. The minimum atomic E-state index is 0.603. The predicted molar refractivity (Wildman–Crippen MR) is 260 cm³/mol. The van der Waals surface area contributed by atoms with Gasteiger partial charge in [-0.25, -0.2) is 15.0 Å². The Kier molecular flexibility index (Phi) is 8.65. The van der Waals surface area contributed by atoms with E-state index < -0.39 is 0 Å². The average Bonchev–Trinajstić information content (AvgIpc) is 3.88. The van der Waals surface area contributed by atoms with Crippen molar-refractivity contribution in [2.75, 3.05) is 0 Å². The second-order valence-electron chi connectivity index (χ2n) is 15.6. The Hall–Kier alpha value is -7.99. The van der Waals surface area contributed by atoms with Crippen LogP contribution in [0.3, 0.4) is 0 Å². The molecule has 0 spiro atoms. The molecule has 0 N–H and O–H groups in total. The van der Waals surface area contributed by atoms with Crippen LogP contribution in [0.2, 0.25) is 0 Å². The molecule has 290 valence electrons. The van der Waals surface area contributed by atoms with Gasteiger partial charge in [0.1, 0.15) is 0 Å². The highest BCUT2D eigenvalue weighted by Gasteiger charge is 2.22. The third-order valence-corrected chi connectivity index (χ3v) is 13.0. The number of aromatic nitrogens is 4. The Morgan fingerprint density at radius 2 is 0.790 bits per heavy atom. The minimum Gasteiger partial charge on any atom is -0.308 e. The first-order valence-corrected chi connectivity index (χ1v) is 21.7. The topological polar surface area (TPSA) is 43.6 Å². The summed E-state index contributed by atoms with van der Waals surface area (Å²) in [6.07, 6.45) is 0. The van der Waals surface area contributed by atoms with Crippen LogP contribution in [0.5, 0.6) is 0 Å². The van der Waals surface area contributed by atoms with Gasteiger partial charge in [0.25, 0.3) is 0 Å². The molecule has 0 bridgehead atoms. The van der Waals surface area contributed by atoms with Crippen LogP contribution < -0.4 is 0 Å². The number of thiophene rings is 1. The summed E-state index contributed by atoms with van der Waals surface area (Å²) in [5.74, 6) is 1.85. The largest absolute Gasteiger partial charge is 0.308 e. The third-order valence-electron chi connectivity index (χ3n) is 11.8. The van der Waals surface area contributed by atoms with Gasteiger partial charge in [-0.1, -0.05) is 164 Å². The molecule has 12 rings (SSSR count). The maximum Gasteiger partial charge on any atom is 0.166 e. The zero-order valence-electron chi connectivity index (χ0n) is 33.5. The Bertz CT molecular complexity index is 3500. The Labute approximate surface area is 362 Å². The lowest BCUT2D eigenvalue weighted by Crippen LogP contribution is -2.04. The second kappa shape index (κ2) is 14.9. The summed E-state index contributed by atoms with van der Waals surface area (Å²) in [5, 5.41) is 4.97. The van der Waals surface area contributed by atoms with Crippen molar-refractivity contribution < 1.29 is 0 Å². The standard InChI is InChI=1S/C57H36N4S/c1-5-17-37(18-6-1)42-31-43(38-19-7-2-8-20-38)33-44(32-42)41-29-30-51(49(34-41)57-59-55(39-21-9-3-10-22-39)58-56(60-57)40-23-11-4-12-24-40)61-50-27-15-13-25-45(50)47-35-48-46-26-14-16-28-53(46)62-54(48)36-52(47)61/h1-36H. The smallest absolute Gasteiger partial charge is 0.166 e. The van der Waals surface area contributed by atoms with Gasteiger partial charge in [-0.15, -0.1) is 11.3 Å². The van der Waals surface area contributed by atoms with Crippen molar-refractivity contribution in [1.29, 1.82) is 0 Å². The molecule has 12 aromatic rings. The average molecular weight is 809 g/mol. The molecule has 4 nitrogen and oxygen atoms in total. The highest BCUT2D eigenvalue weighted by molar-refractivity contribution is 7.25. The van der Waals surface area contributed by atoms with E-state index in [-0.39, 0.29) is 0 Å². The molecule has 0 unspecified atom stereocenters. The van der Waals surface area contributed by atoms with Crippen molar-refractivity contribution in [3.05, 3.63) is 218 Å². The van der Waals surface area contributed by atoms with Crippen molar-refractivity contribution in [3.63, 3.8) is 0 Å². The monoisotopic (exact) mass is 808 g/mol. The molecule has 0 saturated carbocycles. The summed E-state index contributed by atoms with van der Waals surface area (Å²) < 4.78 is 4.96. The van der Waals surface area contributed by atoms with Crippen LogP contribution in [-0.4, -0.2) is 19.5 Å². The fourth-order valence-corrected chi connectivity index (χ4v) is 9.98. The number of para-hydroxylation sites is 1. The molecule has 3 aromatic heterocycles. The molecule has 0 aliphatic rings. The van der Waals surface area contributed by atoms with E-state index in [1.54, 1.807) is 0 Å². The highest BCUT2D eigenvalue weighted by atomic mass is 32.1. The van der Waals surface area contributed by atoms with E-state index >= 15 is 0 Å². The molecular weight excluding hydrogens is 773 g/mol. The number of nitrogens with zero attached hydrogens (tertiary/aromatic N) is 4. The lowest BCUT2D eigenvalue weighted by molar-refractivity contribution is 1.06. The number of benzene rings is 9. The van der Waals surface area contributed by atoms with Gasteiger partial charge in [0.2, 0.25) is 0 Å². The maximum absolute atomic E-state index is 5.34. The van der Waals surface area contributed by atoms with Crippen LogP contribution >= 0.6 is 11.3 Å². The molecular formula is C57H36N4S. The SMILES string of the molecule is c1ccc(-c2cc(-c3ccccc3)cc(-c3ccc(-n4c5ccccc5c5cc6c(cc54)sc4ccccc46)c(-c4nc(-c5ccccc5)nc(-c5ccccc5)n4)c3)c2)cc1. The lowest BCUT2D eigenvalue weighted by atomic mass is 9.92. The fourth-order valence-electron chi connectivity index (χ4n) is 8.85. The molecule has 0 amide bonds. The Morgan fingerprint density at radius 1 is 0.290 bits per heavy atom. The highest BCUT2D eigenvalue weighted by Crippen LogP contribution is 2.43. The minimum absolute atomic E-state index is 0.603. The van der Waals surface area contributed by atoms with Gasteiger partial charge in [0.05, 0.1) is 16.7 Å². The van der Waals surface area contributed by atoms with Gasteiger partial charge in [-0.3, -0.25) is 0 Å². The number of hydrogen-bond acceptors (Lipinski definition) is 4. The van der Waals surface area contributed by atoms with Gasteiger partial charge in [0, 0.05) is 47.6 Å². The quantitative estimate of drug-likeness (QED) is 0.161. The summed E-state index contributed by atoms with van der Waals surface area (Å²) in [5.41, 5.74) is 12.8. The van der Waals surface area contributed by atoms with Crippen molar-refractivity contribution in [1.82, 2.24) is 19.5 Å². The van der Waals surface area contributed by atoms with Crippen LogP contribution in [-0.2, 0) is 0 Å². The molecule has 5 heteroatoms. The summed E-state index contributed by atoms with van der Waals surface area (Å²) >= 11 is 1.84. The van der Waals surface area contributed by atoms with Gasteiger partial charge in [0.15, 0.2) is 17.5 Å². The molecule has 9 aromatic carbocycles. The lowest BCUT2D eigenvalue weighted by Gasteiger charge is -2.17. The van der Waals surface area contributed by atoms with Crippen LogP contribution in [0.1, 0.15) is 0 Å². The molecule has 0 aliphatic carbocycles. The molecule has 0 atom stereocenters. The van der Waals surface area contributed by atoms with E-state index in [1.165, 1.54) is 42.1 Å². The summed E-state index contributed by atoms with van der Waals surface area (Å²) in [4.78, 5) is 15.8. The first kappa shape index (κ1) is 35.9. The summed E-state index contributed by atoms with van der Waals surface area (Å²) in [7, 11) is 0. The van der Waals surface area contributed by atoms with Crippen LogP contribution in [0, 0.1) is 0 Å². The van der Waals surface area contributed by atoms with Gasteiger partial charge in [-0.05, 0) is 88.0 Å². The van der Waals surface area contributed by atoms with Crippen molar-refractivity contribution in [2.24, 2.45) is 0 Å². The van der Waals surface area contributed by atoms with E-state index in [0.29, 0.717) is 17.5 Å². The van der Waals surface area contributed by atoms with E-state index in [4.69, 9.17) is 15.0 Å². The van der Waals surface area contributed by atoms with Crippen molar-refractivity contribution in [2.45, 2.75) is 0 Å². The van der Waals surface area contributed by atoms with Crippen LogP contribution in [0.4, 0.5) is 0 Å². The first-order valence-electron chi connectivity index (χ1n) is 20.8. The zero-order valence-corrected chi connectivity index (χ0v) is 34.3. The molecule has 0 aliphatic heterocycles. The molecule has 0 saturated heterocycles. The van der Waals surface area contributed by atoms with Crippen LogP contribution in [0.15, 0.2) is 218 Å². The fraction of sp³-hybridized carbons (Fsp3) is 0. The number of hydrogen-bond donors (Lipinski definition) is 0. The maximum atomic E-state index is 5.34. The van der Waals surface area contributed by atoms with Crippen LogP contribution in [0.25, 0.3) is 115 Å². The van der Waals surface area contributed by atoms with Crippen molar-refractivity contribution >= 4 is 53.3 Å². The van der Waals surface area contributed by atoms with E-state index in [0.717, 1.165) is 55.7 Å². The van der Waals surface area contributed by atoms with E-state index in [1.807, 2.05) is 47.7 Å². The van der Waals surface area contributed by atoms with Gasteiger partial charge < -0.3 is 4.57 Å². The molecule has 3 heterocycles. The van der Waals surface area contributed by atoms with Gasteiger partial charge in [-0.2, -0.15) is 0 Å². The molecule has 0 fully saturated rings. The van der Waals surface area contributed by atoms with Crippen molar-refractivity contribution in [3.8, 4) is 73.2 Å². The van der Waals surface area contributed by atoms with E-state index in [9.17, 15) is 0 Å². The third kappa shape index (κ3) is 6.26. The molecule has 62 heavy (non-hydrogen) atoms.